The number of aromatic nitrogens is 2. The molecule has 0 saturated heterocycles. The topological polar surface area (TPSA) is 56.1 Å². The van der Waals surface area contributed by atoms with Crippen LogP contribution in [0.1, 0.15) is 29.8 Å². The van der Waals surface area contributed by atoms with E-state index in [1.54, 1.807) is 12.1 Å². The van der Waals surface area contributed by atoms with Crippen molar-refractivity contribution in [2.45, 2.75) is 38.4 Å². The number of hydrogen-bond acceptors (Lipinski definition) is 3. The zero-order chi connectivity index (χ0) is 22.0. The van der Waals surface area contributed by atoms with Crippen LogP contribution >= 0.6 is 0 Å². The van der Waals surface area contributed by atoms with Crippen LogP contribution in [0.15, 0.2) is 48.5 Å². The maximum Gasteiger partial charge on any atom is 0.435 e. The monoisotopic (exact) mass is 429 g/mol. The summed E-state index contributed by atoms with van der Waals surface area (Å²) in [7, 11) is 1.49. The van der Waals surface area contributed by atoms with Gasteiger partial charge in [-0.2, -0.15) is 18.3 Å². The Morgan fingerprint density at radius 1 is 1.10 bits per heavy atom. The minimum Gasteiger partial charge on any atom is -0.495 e. The van der Waals surface area contributed by atoms with Gasteiger partial charge in [0.05, 0.1) is 12.8 Å². The molecule has 0 radical (unpaired) electrons. The normalized spacial score (nSPS) is 13.5. The van der Waals surface area contributed by atoms with Crippen molar-refractivity contribution in [1.29, 1.82) is 0 Å². The molecule has 1 aromatic heterocycles. The van der Waals surface area contributed by atoms with Gasteiger partial charge in [-0.3, -0.25) is 9.48 Å². The largest absolute Gasteiger partial charge is 0.495 e. The van der Waals surface area contributed by atoms with Gasteiger partial charge in [0.15, 0.2) is 5.69 Å². The summed E-state index contributed by atoms with van der Waals surface area (Å²) in [6.45, 7) is -0.295. The highest BCUT2D eigenvalue weighted by Crippen LogP contribution is 2.36. The molecule has 0 atom stereocenters. The van der Waals surface area contributed by atoms with Gasteiger partial charge >= 0.3 is 6.18 Å². The van der Waals surface area contributed by atoms with Crippen LogP contribution < -0.4 is 10.1 Å². The Morgan fingerprint density at radius 2 is 1.84 bits per heavy atom. The van der Waals surface area contributed by atoms with Gasteiger partial charge in [0.2, 0.25) is 5.91 Å². The molecule has 1 heterocycles. The number of alkyl halides is 3. The van der Waals surface area contributed by atoms with Crippen molar-refractivity contribution in [3.05, 3.63) is 65.5 Å². The number of benzene rings is 2. The van der Waals surface area contributed by atoms with Crippen LogP contribution in [0.4, 0.5) is 18.9 Å². The third-order valence-corrected chi connectivity index (χ3v) is 5.40. The molecule has 1 amide bonds. The zero-order valence-electron chi connectivity index (χ0n) is 17.0. The van der Waals surface area contributed by atoms with Crippen LogP contribution in [0.3, 0.4) is 0 Å². The Hall–Kier alpha value is -3.29. The maximum absolute atomic E-state index is 13.4. The molecule has 0 saturated carbocycles. The number of nitrogens with zero attached hydrogens (tertiary/aromatic N) is 2. The number of amides is 1. The van der Waals surface area contributed by atoms with Crippen molar-refractivity contribution in [3.8, 4) is 16.9 Å². The molecule has 0 unspecified atom stereocenters. The summed E-state index contributed by atoms with van der Waals surface area (Å²) in [5.41, 5.74) is 2.14. The van der Waals surface area contributed by atoms with E-state index in [0.29, 0.717) is 36.4 Å². The average Bonchev–Trinajstić information content (AvgIpc) is 3.13. The number of rotatable bonds is 5. The zero-order valence-corrected chi connectivity index (χ0v) is 17.0. The SMILES string of the molecule is COc1ccc(-c2ccccc2)cc1NC(=O)Cn1nc(C(F)(F)F)c2c1CCCC2. The van der Waals surface area contributed by atoms with Gasteiger partial charge in [-0.25, -0.2) is 0 Å². The van der Waals surface area contributed by atoms with E-state index in [9.17, 15) is 18.0 Å². The first kappa shape index (κ1) is 21.0. The van der Waals surface area contributed by atoms with Gasteiger partial charge in [-0.1, -0.05) is 36.4 Å². The summed E-state index contributed by atoms with van der Waals surface area (Å²) in [4.78, 5) is 12.7. The van der Waals surface area contributed by atoms with E-state index >= 15 is 0 Å². The van der Waals surface area contributed by atoms with E-state index in [0.717, 1.165) is 17.5 Å². The molecule has 0 bridgehead atoms. The number of anilines is 1. The second-order valence-electron chi connectivity index (χ2n) is 7.47. The summed E-state index contributed by atoms with van der Waals surface area (Å²) in [5.74, 6) is -0.000356. The Balaban J connectivity index is 1.59. The van der Waals surface area contributed by atoms with Crippen LogP contribution in [0, 0.1) is 0 Å². The van der Waals surface area contributed by atoms with Crippen LogP contribution in [-0.2, 0) is 30.4 Å². The van der Waals surface area contributed by atoms with Crippen molar-refractivity contribution in [3.63, 3.8) is 0 Å². The molecule has 31 heavy (non-hydrogen) atoms. The Kier molecular flexibility index (Phi) is 5.71. The summed E-state index contributed by atoms with van der Waals surface area (Å²) in [5, 5.41) is 6.52. The fraction of sp³-hybridized carbons (Fsp3) is 0.304. The molecule has 1 N–H and O–H groups in total. The molecular weight excluding hydrogens is 407 g/mol. The lowest BCUT2D eigenvalue weighted by atomic mass is 9.95. The highest BCUT2D eigenvalue weighted by Gasteiger charge is 2.39. The van der Waals surface area contributed by atoms with Gasteiger partial charge in [0.1, 0.15) is 12.3 Å². The van der Waals surface area contributed by atoms with Crippen molar-refractivity contribution in [2.24, 2.45) is 0 Å². The van der Waals surface area contributed by atoms with Crippen molar-refractivity contribution < 1.29 is 22.7 Å². The quantitative estimate of drug-likeness (QED) is 0.614. The first-order valence-corrected chi connectivity index (χ1v) is 10.1. The van der Waals surface area contributed by atoms with Gasteiger partial charge in [-0.15, -0.1) is 0 Å². The van der Waals surface area contributed by atoms with Gasteiger partial charge in [0.25, 0.3) is 0 Å². The molecule has 162 valence electrons. The number of fused-ring (bicyclic) bond motifs is 1. The summed E-state index contributed by atoms with van der Waals surface area (Å²) in [6, 6.07) is 15.0. The number of methoxy groups -OCH3 is 1. The predicted molar refractivity (Wildman–Crippen MR) is 111 cm³/mol. The Bertz CT molecular complexity index is 1090. The second-order valence-corrected chi connectivity index (χ2v) is 7.47. The van der Waals surface area contributed by atoms with Crippen LogP contribution in [-0.4, -0.2) is 22.8 Å². The van der Waals surface area contributed by atoms with Crippen molar-refractivity contribution >= 4 is 11.6 Å². The Labute approximate surface area is 177 Å². The number of carbonyl (C=O) groups excluding carboxylic acids is 1. The van der Waals surface area contributed by atoms with Crippen molar-refractivity contribution in [2.75, 3.05) is 12.4 Å². The van der Waals surface area contributed by atoms with Crippen LogP contribution in [0.2, 0.25) is 0 Å². The number of nitrogens with one attached hydrogen (secondary N) is 1. The molecule has 0 fully saturated rings. The molecule has 0 aliphatic heterocycles. The molecular formula is C23H22F3N3O2. The summed E-state index contributed by atoms with van der Waals surface area (Å²) >= 11 is 0. The second kappa shape index (κ2) is 8.45. The summed E-state index contributed by atoms with van der Waals surface area (Å²) < 4.78 is 46.7. The molecule has 4 rings (SSSR count). The van der Waals surface area contributed by atoms with E-state index in [1.165, 1.54) is 11.8 Å². The average molecular weight is 429 g/mol. The highest BCUT2D eigenvalue weighted by molar-refractivity contribution is 5.93. The molecule has 0 spiro atoms. The van der Waals surface area contributed by atoms with Gasteiger partial charge in [0, 0.05) is 11.3 Å². The van der Waals surface area contributed by atoms with E-state index in [1.807, 2.05) is 36.4 Å². The first-order chi connectivity index (χ1) is 14.9. The number of hydrogen-bond donors (Lipinski definition) is 1. The standard InChI is InChI=1S/C23H22F3N3O2/c1-31-20-12-11-16(15-7-3-2-4-8-15)13-18(20)27-21(30)14-29-19-10-6-5-9-17(19)22(28-29)23(24,25)26/h2-4,7-8,11-13H,5-6,9-10,14H2,1H3,(H,27,30). The number of carbonyl (C=O) groups is 1. The van der Waals surface area contributed by atoms with Crippen LogP contribution in [0.25, 0.3) is 11.1 Å². The highest BCUT2D eigenvalue weighted by atomic mass is 19.4. The lowest BCUT2D eigenvalue weighted by Gasteiger charge is -2.15. The molecule has 2 aromatic carbocycles. The summed E-state index contributed by atoms with van der Waals surface area (Å²) in [6.07, 6.45) is -2.24. The number of ether oxygens (including phenoxy) is 1. The molecule has 1 aliphatic carbocycles. The lowest BCUT2D eigenvalue weighted by molar-refractivity contribution is -0.142. The fourth-order valence-electron chi connectivity index (χ4n) is 3.97. The first-order valence-electron chi connectivity index (χ1n) is 10.1. The van der Waals surface area contributed by atoms with Crippen LogP contribution in [0.5, 0.6) is 5.75 Å². The molecule has 8 heteroatoms. The van der Waals surface area contributed by atoms with Gasteiger partial charge < -0.3 is 10.1 Å². The minimum atomic E-state index is -4.53. The predicted octanol–water partition coefficient (Wildman–Crippen LogP) is 5.10. The number of halogens is 3. The van der Waals surface area contributed by atoms with Crippen molar-refractivity contribution in [1.82, 2.24) is 9.78 Å². The van der Waals surface area contributed by atoms with Gasteiger partial charge in [-0.05, 0) is 48.9 Å². The van der Waals surface area contributed by atoms with E-state index in [4.69, 9.17) is 4.74 Å². The van der Waals surface area contributed by atoms with E-state index in [2.05, 4.69) is 10.4 Å². The fourth-order valence-corrected chi connectivity index (χ4v) is 3.97. The lowest BCUT2D eigenvalue weighted by Crippen LogP contribution is -2.22. The smallest absolute Gasteiger partial charge is 0.435 e. The Morgan fingerprint density at radius 3 is 2.55 bits per heavy atom. The molecule has 5 nitrogen and oxygen atoms in total. The minimum absolute atomic E-state index is 0.218. The molecule has 1 aliphatic rings. The van der Waals surface area contributed by atoms with E-state index in [-0.39, 0.29) is 12.1 Å². The maximum atomic E-state index is 13.4. The molecule has 3 aromatic rings. The third kappa shape index (κ3) is 4.42. The van der Waals surface area contributed by atoms with E-state index < -0.39 is 17.8 Å². The third-order valence-electron chi connectivity index (χ3n) is 5.40.